The molecule has 1 aliphatic rings. The number of hydrogen-bond acceptors (Lipinski definition) is 4. The van der Waals surface area contributed by atoms with Crippen LogP contribution in [0.2, 0.25) is 0 Å². The van der Waals surface area contributed by atoms with Crippen LogP contribution < -0.4 is 9.47 Å². The van der Waals surface area contributed by atoms with Gasteiger partial charge in [-0.2, -0.15) is 0 Å². The number of aromatic nitrogens is 1. The zero-order valence-corrected chi connectivity index (χ0v) is 13.6. The molecule has 0 bridgehead atoms. The van der Waals surface area contributed by atoms with Gasteiger partial charge in [-0.25, -0.2) is 0 Å². The summed E-state index contributed by atoms with van der Waals surface area (Å²) in [7, 11) is 1.62. The lowest BCUT2D eigenvalue weighted by Gasteiger charge is -2.11. The summed E-state index contributed by atoms with van der Waals surface area (Å²) in [6, 6.07) is 20.3. The summed E-state index contributed by atoms with van der Waals surface area (Å²) in [5.74, 6) is 1.48. The zero-order valence-electron chi connectivity index (χ0n) is 13.6. The number of benzene rings is 2. The monoisotopic (exact) mass is 329 g/mol. The van der Waals surface area contributed by atoms with E-state index in [1.807, 2.05) is 54.6 Å². The first-order valence-corrected chi connectivity index (χ1v) is 7.89. The van der Waals surface area contributed by atoms with Crippen LogP contribution in [0.15, 0.2) is 78.7 Å². The average Bonchev–Trinajstić information content (AvgIpc) is 3.00. The second kappa shape index (κ2) is 6.24. The Labute approximate surface area is 145 Å². The number of carbonyl (C=O) groups excluding carboxylic acids is 1. The highest BCUT2D eigenvalue weighted by atomic mass is 16.5. The van der Waals surface area contributed by atoms with Crippen molar-refractivity contribution in [1.82, 2.24) is 4.98 Å². The molecule has 2 heterocycles. The van der Waals surface area contributed by atoms with E-state index in [-0.39, 0.29) is 5.78 Å². The number of carbonyl (C=O) groups is 1. The molecule has 0 N–H and O–H groups in total. The number of nitrogens with zero attached hydrogens (tertiary/aromatic N) is 1. The fraction of sp³-hybridized carbons (Fsp3) is 0.0476. The second-order valence-corrected chi connectivity index (χ2v) is 5.57. The van der Waals surface area contributed by atoms with Gasteiger partial charge in [-0.05, 0) is 42.0 Å². The first-order chi connectivity index (χ1) is 12.3. The van der Waals surface area contributed by atoms with Crippen LogP contribution in [0.25, 0.3) is 5.57 Å². The van der Waals surface area contributed by atoms with Crippen LogP contribution >= 0.6 is 0 Å². The summed E-state index contributed by atoms with van der Waals surface area (Å²) < 4.78 is 11.1. The molecule has 25 heavy (non-hydrogen) atoms. The molecule has 3 aromatic rings. The smallest absolute Gasteiger partial charge is 0.232 e. The van der Waals surface area contributed by atoms with Crippen molar-refractivity contribution >= 4 is 11.4 Å². The van der Waals surface area contributed by atoms with E-state index in [9.17, 15) is 4.79 Å². The van der Waals surface area contributed by atoms with Crippen LogP contribution in [0.1, 0.15) is 21.6 Å². The molecule has 0 aliphatic carbocycles. The van der Waals surface area contributed by atoms with Crippen molar-refractivity contribution in [2.24, 2.45) is 0 Å². The van der Waals surface area contributed by atoms with Crippen LogP contribution in [-0.4, -0.2) is 17.9 Å². The number of rotatable bonds is 3. The molecule has 0 amide bonds. The lowest BCUT2D eigenvalue weighted by molar-refractivity contribution is 0.101. The Hall–Kier alpha value is -3.40. The van der Waals surface area contributed by atoms with E-state index in [0.717, 1.165) is 11.3 Å². The third-order valence-corrected chi connectivity index (χ3v) is 4.08. The highest BCUT2D eigenvalue weighted by Crippen LogP contribution is 2.37. The maximum Gasteiger partial charge on any atom is 0.232 e. The van der Waals surface area contributed by atoms with Gasteiger partial charge in [-0.3, -0.25) is 9.78 Å². The first-order valence-electron chi connectivity index (χ1n) is 7.89. The van der Waals surface area contributed by atoms with E-state index in [0.29, 0.717) is 28.3 Å². The van der Waals surface area contributed by atoms with Crippen molar-refractivity contribution in [1.29, 1.82) is 0 Å². The number of Topliss-reactive ketones (excluding diaryl/α,β-unsaturated/α-hetero) is 1. The number of allylic oxidation sites excluding steroid dienone is 1. The Bertz CT molecular complexity index is 960. The summed E-state index contributed by atoms with van der Waals surface area (Å²) in [6.07, 6.45) is 1.70. The number of methoxy groups -OCH3 is 1. The van der Waals surface area contributed by atoms with Crippen LogP contribution in [0, 0.1) is 0 Å². The highest BCUT2D eigenvalue weighted by Gasteiger charge is 2.31. The Morgan fingerprint density at radius 3 is 2.40 bits per heavy atom. The minimum absolute atomic E-state index is 0.132. The number of hydrogen-bond donors (Lipinski definition) is 0. The van der Waals surface area contributed by atoms with Gasteiger partial charge in [0.05, 0.1) is 23.9 Å². The normalized spacial score (nSPS) is 14.7. The lowest BCUT2D eigenvalue weighted by atomic mass is 9.98. The predicted octanol–water partition coefficient (Wildman–Crippen LogP) is 4.12. The molecule has 4 heteroatoms. The van der Waals surface area contributed by atoms with Gasteiger partial charge in [0, 0.05) is 6.20 Å². The van der Waals surface area contributed by atoms with E-state index in [2.05, 4.69) is 4.98 Å². The van der Waals surface area contributed by atoms with Gasteiger partial charge >= 0.3 is 0 Å². The lowest BCUT2D eigenvalue weighted by Crippen LogP contribution is -2.06. The van der Waals surface area contributed by atoms with Crippen LogP contribution in [0.5, 0.6) is 11.5 Å². The number of para-hydroxylation sites is 1. The molecule has 1 aromatic heterocycles. The molecular weight excluding hydrogens is 314 g/mol. The minimum Gasteiger partial charge on any atom is -0.497 e. The molecule has 0 saturated carbocycles. The number of fused-ring (bicyclic) bond motifs is 1. The molecule has 2 aromatic carbocycles. The highest BCUT2D eigenvalue weighted by molar-refractivity contribution is 6.17. The van der Waals surface area contributed by atoms with Crippen LogP contribution in [0.3, 0.4) is 0 Å². The molecule has 0 fully saturated rings. The summed E-state index contributed by atoms with van der Waals surface area (Å²) in [5.41, 5.74) is 2.77. The fourth-order valence-electron chi connectivity index (χ4n) is 2.85. The predicted molar refractivity (Wildman–Crippen MR) is 94.7 cm³/mol. The Balaban J connectivity index is 1.91. The Morgan fingerprint density at radius 1 is 0.960 bits per heavy atom. The maximum atomic E-state index is 12.9. The first kappa shape index (κ1) is 15.1. The number of ether oxygens (including phenoxy) is 2. The van der Waals surface area contributed by atoms with Gasteiger partial charge in [0.1, 0.15) is 11.5 Å². The molecule has 0 atom stereocenters. The Morgan fingerprint density at radius 2 is 1.72 bits per heavy atom. The van der Waals surface area contributed by atoms with Gasteiger partial charge in [0.15, 0.2) is 5.76 Å². The van der Waals surface area contributed by atoms with Gasteiger partial charge in [0.2, 0.25) is 5.78 Å². The number of pyridine rings is 1. The summed E-state index contributed by atoms with van der Waals surface area (Å²) in [6.45, 7) is 0. The Kier molecular flexibility index (Phi) is 3.78. The molecule has 0 spiro atoms. The van der Waals surface area contributed by atoms with Crippen LogP contribution in [-0.2, 0) is 0 Å². The molecule has 4 nitrogen and oxygen atoms in total. The van der Waals surface area contributed by atoms with Crippen LogP contribution in [0.4, 0.5) is 0 Å². The van der Waals surface area contributed by atoms with E-state index in [4.69, 9.17) is 9.47 Å². The summed E-state index contributed by atoms with van der Waals surface area (Å²) in [4.78, 5) is 17.3. The molecule has 0 saturated heterocycles. The summed E-state index contributed by atoms with van der Waals surface area (Å²) >= 11 is 0. The van der Waals surface area contributed by atoms with E-state index >= 15 is 0 Å². The molecule has 4 rings (SSSR count). The molecule has 0 radical (unpaired) electrons. The van der Waals surface area contributed by atoms with Gasteiger partial charge in [-0.1, -0.05) is 30.3 Å². The third kappa shape index (κ3) is 2.68. The molecule has 122 valence electrons. The zero-order chi connectivity index (χ0) is 17.2. The second-order valence-electron chi connectivity index (χ2n) is 5.57. The molecule has 0 unspecified atom stereocenters. The minimum atomic E-state index is -0.132. The third-order valence-electron chi connectivity index (χ3n) is 4.08. The quantitative estimate of drug-likeness (QED) is 0.678. The molecule has 1 aliphatic heterocycles. The van der Waals surface area contributed by atoms with Gasteiger partial charge in [-0.15, -0.1) is 0 Å². The standard InChI is InChI=1S/C21H15NO3/c1-24-15-11-9-14(10-12-15)19(17-7-4-5-13-22-17)21-20(23)16-6-2-3-8-18(16)25-21/h2-13H,1H3/b21-19+. The SMILES string of the molecule is COc1ccc(/C(=C2\Oc3ccccc3C2=O)c2ccccn2)cc1. The fourth-order valence-corrected chi connectivity index (χ4v) is 2.85. The topological polar surface area (TPSA) is 48.4 Å². The van der Waals surface area contributed by atoms with Gasteiger partial charge in [0.25, 0.3) is 0 Å². The maximum absolute atomic E-state index is 12.9. The largest absolute Gasteiger partial charge is 0.497 e. The number of ketones is 1. The van der Waals surface area contributed by atoms with Crippen molar-refractivity contribution in [3.05, 3.63) is 95.5 Å². The van der Waals surface area contributed by atoms with Gasteiger partial charge < -0.3 is 9.47 Å². The summed E-state index contributed by atoms with van der Waals surface area (Å²) in [5, 5.41) is 0. The van der Waals surface area contributed by atoms with E-state index in [1.165, 1.54) is 0 Å². The van der Waals surface area contributed by atoms with Crippen molar-refractivity contribution in [3.8, 4) is 11.5 Å². The van der Waals surface area contributed by atoms with Crippen molar-refractivity contribution in [2.45, 2.75) is 0 Å². The molecular formula is C21H15NO3. The van der Waals surface area contributed by atoms with Crippen molar-refractivity contribution in [3.63, 3.8) is 0 Å². The van der Waals surface area contributed by atoms with E-state index in [1.54, 1.807) is 25.4 Å². The van der Waals surface area contributed by atoms with E-state index < -0.39 is 0 Å². The average molecular weight is 329 g/mol. The van der Waals surface area contributed by atoms with Crippen molar-refractivity contribution in [2.75, 3.05) is 7.11 Å². The van der Waals surface area contributed by atoms with Crippen molar-refractivity contribution < 1.29 is 14.3 Å².